The predicted molar refractivity (Wildman–Crippen MR) is 87.3 cm³/mol. The van der Waals surface area contributed by atoms with Gasteiger partial charge in [-0.05, 0) is 44.9 Å². The molecule has 1 heterocycles. The maximum Gasteiger partial charge on any atom is 0.365 e. The van der Waals surface area contributed by atoms with Gasteiger partial charge in [-0.1, -0.05) is 6.92 Å². The van der Waals surface area contributed by atoms with E-state index in [0.717, 1.165) is 11.1 Å². The molecular weight excluding hydrogens is 299 g/mol. The number of carboxylic acid groups (broad SMARTS) is 1. The van der Waals surface area contributed by atoms with Crippen molar-refractivity contribution in [1.82, 2.24) is 0 Å². The Bertz CT molecular complexity index is 714. The van der Waals surface area contributed by atoms with Crippen LogP contribution in [-0.2, 0) is 4.79 Å². The van der Waals surface area contributed by atoms with Crippen molar-refractivity contribution in [2.45, 2.75) is 39.7 Å². The van der Waals surface area contributed by atoms with Crippen LogP contribution in [0.3, 0.4) is 0 Å². The smallest absolute Gasteiger partial charge is 0.365 e. The molecule has 0 fully saturated rings. The summed E-state index contributed by atoms with van der Waals surface area (Å²) in [4.78, 5) is 11.0. The number of aliphatic carboxylic acids is 1. The predicted octanol–water partition coefficient (Wildman–Crippen LogP) is 4.44. The topological polar surface area (TPSA) is 55.8 Å². The number of hydrogen-bond acceptors (Lipinski definition) is 3. The van der Waals surface area contributed by atoms with Gasteiger partial charge in [-0.3, -0.25) is 0 Å². The Morgan fingerprint density at radius 1 is 1.39 bits per heavy atom. The van der Waals surface area contributed by atoms with Crippen LogP contribution in [0.5, 0.6) is 11.5 Å². The van der Waals surface area contributed by atoms with Crippen LogP contribution in [0.15, 0.2) is 24.0 Å². The van der Waals surface area contributed by atoms with Crippen molar-refractivity contribution in [2.24, 2.45) is 0 Å². The van der Waals surface area contributed by atoms with Crippen molar-refractivity contribution in [2.75, 3.05) is 7.11 Å². The first-order chi connectivity index (χ1) is 10.7. The van der Waals surface area contributed by atoms with E-state index in [-0.39, 0.29) is 12.0 Å². The summed E-state index contributed by atoms with van der Waals surface area (Å²) in [5.74, 6) is -1.71. The van der Waals surface area contributed by atoms with Crippen LogP contribution in [0.2, 0.25) is 0 Å². The van der Waals surface area contributed by atoms with Gasteiger partial charge < -0.3 is 14.6 Å². The number of methoxy groups -OCH3 is 1. The lowest BCUT2D eigenvalue weighted by atomic mass is 9.91. The fourth-order valence-electron chi connectivity index (χ4n) is 2.86. The number of rotatable bonds is 4. The summed E-state index contributed by atoms with van der Waals surface area (Å²) in [6, 6.07) is 3.42. The Morgan fingerprint density at radius 3 is 2.57 bits per heavy atom. The van der Waals surface area contributed by atoms with Crippen molar-refractivity contribution < 1.29 is 23.8 Å². The molecule has 0 bridgehead atoms. The molecule has 23 heavy (non-hydrogen) atoms. The molecule has 0 atom stereocenters. The van der Waals surface area contributed by atoms with E-state index >= 15 is 0 Å². The van der Waals surface area contributed by atoms with Gasteiger partial charge in [0.05, 0.1) is 7.11 Å². The van der Waals surface area contributed by atoms with Crippen LogP contribution in [0, 0.1) is 0 Å². The van der Waals surface area contributed by atoms with Crippen LogP contribution < -0.4 is 9.47 Å². The normalized spacial score (nSPS) is 16.7. The van der Waals surface area contributed by atoms with Crippen LogP contribution in [0.1, 0.15) is 45.2 Å². The molecule has 2 rings (SSSR count). The van der Waals surface area contributed by atoms with Gasteiger partial charge in [-0.25, -0.2) is 4.79 Å². The molecule has 0 aromatic heterocycles. The van der Waals surface area contributed by atoms with Gasteiger partial charge in [0.25, 0.3) is 0 Å². The third kappa shape index (κ3) is 3.23. The number of carboxylic acids is 1. The van der Waals surface area contributed by atoms with Crippen molar-refractivity contribution >= 4 is 17.1 Å². The Balaban J connectivity index is 2.71. The number of halogens is 1. The highest BCUT2D eigenvalue weighted by atomic mass is 19.1. The van der Waals surface area contributed by atoms with Gasteiger partial charge in [0, 0.05) is 22.8 Å². The van der Waals surface area contributed by atoms with Crippen LogP contribution in [0.25, 0.3) is 11.1 Å². The average Bonchev–Trinajstić information content (AvgIpc) is 2.46. The second-order valence-corrected chi connectivity index (χ2v) is 6.03. The zero-order chi connectivity index (χ0) is 17.4. The minimum absolute atomic E-state index is 0.106. The van der Waals surface area contributed by atoms with E-state index in [4.69, 9.17) is 14.6 Å². The van der Waals surface area contributed by atoms with Crippen LogP contribution in [-0.4, -0.2) is 23.8 Å². The summed E-state index contributed by atoms with van der Waals surface area (Å²) in [5, 5.41) is 8.96. The summed E-state index contributed by atoms with van der Waals surface area (Å²) in [6.45, 7) is 7.55. The lowest BCUT2D eigenvalue weighted by Gasteiger charge is -2.31. The Kier molecular flexibility index (Phi) is 4.50. The first-order valence-corrected chi connectivity index (χ1v) is 7.43. The molecular formula is C18H21FO4. The molecule has 0 aliphatic carbocycles. The van der Waals surface area contributed by atoms with Crippen LogP contribution in [0.4, 0.5) is 4.39 Å². The van der Waals surface area contributed by atoms with E-state index in [2.05, 4.69) is 0 Å². The number of benzene rings is 1. The third-order valence-corrected chi connectivity index (χ3v) is 3.80. The summed E-state index contributed by atoms with van der Waals surface area (Å²) >= 11 is 0. The lowest BCUT2D eigenvalue weighted by molar-refractivity contribution is -0.134. The molecule has 1 aromatic carbocycles. The Hall–Kier alpha value is -2.30. The van der Waals surface area contributed by atoms with Gasteiger partial charge in [-0.2, -0.15) is 4.39 Å². The van der Waals surface area contributed by atoms with E-state index < -0.39 is 17.4 Å². The molecule has 1 aromatic rings. The molecule has 0 saturated carbocycles. The molecule has 1 aliphatic rings. The monoisotopic (exact) mass is 320 g/mol. The third-order valence-electron chi connectivity index (χ3n) is 3.80. The molecule has 0 unspecified atom stereocenters. The number of hydrogen-bond donors (Lipinski definition) is 1. The molecule has 1 N–H and O–H groups in total. The maximum atomic E-state index is 14.0. The molecule has 124 valence electrons. The highest BCUT2D eigenvalue weighted by Gasteiger charge is 2.27. The number of carbonyl (C=O) groups is 1. The van der Waals surface area contributed by atoms with Gasteiger partial charge in [-0.15, -0.1) is 0 Å². The van der Waals surface area contributed by atoms with Crippen LogP contribution >= 0.6 is 0 Å². The molecule has 0 radical (unpaired) electrons. The highest BCUT2D eigenvalue weighted by Crippen LogP contribution is 2.42. The second-order valence-electron chi connectivity index (χ2n) is 6.03. The maximum absolute atomic E-state index is 14.0. The van der Waals surface area contributed by atoms with Crippen molar-refractivity contribution in [3.63, 3.8) is 0 Å². The fraction of sp³-hybridized carbons (Fsp3) is 0.389. The average molecular weight is 320 g/mol. The highest BCUT2D eigenvalue weighted by molar-refractivity contribution is 5.95. The Morgan fingerprint density at radius 2 is 2.04 bits per heavy atom. The van der Waals surface area contributed by atoms with E-state index in [0.29, 0.717) is 17.1 Å². The first-order valence-electron chi connectivity index (χ1n) is 7.43. The minimum atomic E-state index is -1.58. The lowest BCUT2D eigenvalue weighted by Crippen LogP contribution is -2.28. The zero-order valence-electron chi connectivity index (χ0n) is 14.0. The summed E-state index contributed by atoms with van der Waals surface area (Å²) < 4.78 is 25.3. The zero-order valence-corrected chi connectivity index (χ0v) is 14.0. The largest absolute Gasteiger partial charge is 0.496 e. The van der Waals surface area contributed by atoms with E-state index in [1.165, 1.54) is 7.11 Å². The van der Waals surface area contributed by atoms with Crippen molar-refractivity contribution in [1.29, 1.82) is 0 Å². The number of ether oxygens (including phenoxy) is 2. The van der Waals surface area contributed by atoms with Crippen molar-refractivity contribution in [3.05, 3.63) is 35.2 Å². The van der Waals surface area contributed by atoms with E-state index in [1.54, 1.807) is 19.1 Å². The van der Waals surface area contributed by atoms with E-state index in [1.807, 2.05) is 26.8 Å². The van der Waals surface area contributed by atoms with E-state index in [9.17, 15) is 9.18 Å². The van der Waals surface area contributed by atoms with Gasteiger partial charge in [0.15, 0.2) is 0 Å². The van der Waals surface area contributed by atoms with Gasteiger partial charge in [0.2, 0.25) is 5.83 Å². The quantitative estimate of drug-likeness (QED) is 0.833. The molecule has 1 aliphatic heterocycles. The fourth-order valence-corrected chi connectivity index (χ4v) is 2.86. The standard InChI is InChI=1S/C18H21FO4/c1-6-11(16(19)17(20)21)13-7-12-10(2)9-18(3,4)23-15(12)8-14(13)22-5/h7-9H,6H2,1-5H3,(H,20,21)/b16-11+. The summed E-state index contributed by atoms with van der Waals surface area (Å²) in [5.41, 5.74) is 1.90. The second kappa shape index (κ2) is 6.07. The molecule has 0 spiro atoms. The Labute approximate surface area is 135 Å². The van der Waals surface area contributed by atoms with Gasteiger partial charge in [0.1, 0.15) is 17.1 Å². The molecule has 0 amide bonds. The minimum Gasteiger partial charge on any atom is -0.496 e. The van der Waals surface area contributed by atoms with Crippen molar-refractivity contribution in [3.8, 4) is 11.5 Å². The number of allylic oxidation sites excluding steroid dienone is 2. The first kappa shape index (κ1) is 17.1. The summed E-state index contributed by atoms with van der Waals surface area (Å²) in [7, 11) is 1.47. The number of fused-ring (bicyclic) bond motifs is 1. The SMILES string of the molecule is CC/C(=C(\F)C(=O)O)c1cc2c(cc1OC)OC(C)(C)C=C2C. The molecule has 5 heteroatoms. The molecule has 4 nitrogen and oxygen atoms in total. The molecule has 0 saturated heterocycles. The summed E-state index contributed by atoms with van der Waals surface area (Å²) in [6.07, 6.45) is 2.22. The van der Waals surface area contributed by atoms with Gasteiger partial charge >= 0.3 is 5.97 Å².